The molecule has 3 aromatic rings. The Kier molecular flexibility index (Phi) is 6.07. The van der Waals surface area contributed by atoms with Crippen molar-refractivity contribution in [1.82, 2.24) is 24.7 Å². The highest BCUT2D eigenvalue weighted by Gasteiger charge is 2.29. The number of halogens is 2. The number of nitrogens with two attached hydrogens (primary N) is 1. The number of aromatic nitrogens is 5. The van der Waals surface area contributed by atoms with Gasteiger partial charge in [0.25, 0.3) is 5.95 Å². The van der Waals surface area contributed by atoms with E-state index in [9.17, 15) is 22.0 Å². The number of rotatable bonds is 7. The summed E-state index contributed by atoms with van der Waals surface area (Å²) in [6.45, 7) is 3.63. The third-order valence-corrected chi connectivity index (χ3v) is 6.26. The van der Waals surface area contributed by atoms with Crippen LogP contribution in [0.1, 0.15) is 11.4 Å². The summed E-state index contributed by atoms with van der Waals surface area (Å²) in [4.78, 5) is 11.6. The standard InChI is InChI=1S/C16H17F2N7O3S2/c1-9-7-10(2)25(23-9)15-21-22-16(24(15)19)29-8-13(26)20-11-5-3-4-6-12(11)30(27,28)14(17)18/h3-7,14H,8,19H2,1-2H3,(H,20,26). The maximum atomic E-state index is 12.9. The monoisotopic (exact) mass is 457 g/mol. The first-order valence-electron chi connectivity index (χ1n) is 8.39. The zero-order valence-corrected chi connectivity index (χ0v) is 17.4. The molecule has 0 radical (unpaired) electrons. The van der Waals surface area contributed by atoms with Crippen LogP contribution in [0.25, 0.3) is 5.95 Å². The van der Waals surface area contributed by atoms with Gasteiger partial charge in [0.15, 0.2) is 0 Å². The van der Waals surface area contributed by atoms with Crippen LogP contribution in [-0.2, 0) is 14.6 Å². The van der Waals surface area contributed by atoms with Crippen molar-refractivity contribution in [3.8, 4) is 5.95 Å². The molecule has 0 unspecified atom stereocenters. The Morgan fingerprint density at radius 1 is 1.27 bits per heavy atom. The highest BCUT2D eigenvalue weighted by atomic mass is 32.2. The van der Waals surface area contributed by atoms with Gasteiger partial charge in [-0.15, -0.1) is 10.2 Å². The summed E-state index contributed by atoms with van der Waals surface area (Å²) in [5.41, 5.74) is 1.32. The number of benzene rings is 1. The summed E-state index contributed by atoms with van der Waals surface area (Å²) in [5, 5.41) is 14.7. The van der Waals surface area contributed by atoms with Gasteiger partial charge in [-0.25, -0.2) is 17.8 Å². The summed E-state index contributed by atoms with van der Waals surface area (Å²) in [6.07, 6.45) is 0. The van der Waals surface area contributed by atoms with E-state index in [1.54, 1.807) is 0 Å². The number of nitrogen functional groups attached to an aromatic ring is 1. The second-order valence-electron chi connectivity index (χ2n) is 6.13. The van der Waals surface area contributed by atoms with E-state index in [0.717, 1.165) is 33.9 Å². The zero-order valence-electron chi connectivity index (χ0n) is 15.8. The fourth-order valence-corrected chi connectivity index (χ4v) is 4.11. The Morgan fingerprint density at radius 2 is 1.97 bits per heavy atom. The molecule has 160 valence electrons. The van der Waals surface area contributed by atoms with E-state index in [1.807, 2.05) is 19.9 Å². The minimum atomic E-state index is -4.87. The summed E-state index contributed by atoms with van der Waals surface area (Å²) in [6, 6.07) is 6.77. The number of carbonyl (C=O) groups excluding carboxylic acids is 1. The molecule has 1 amide bonds. The number of para-hydroxylation sites is 1. The van der Waals surface area contributed by atoms with Crippen LogP contribution in [0.4, 0.5) is 14.5 Å². The maximum absolute atomic E-state index is 12.9. The van der Waals surface area contributed by atoms with Gasteiger partial charge in [0, 0.05) is 5.69 Å². The van der Waals surface area contributed by atoms with Crippen molar-refractivity contribution in [2.45, 2.75) is 29.7 Å². The lowest BCUT2D eigenvalue weighted by Gasteiger charge is -2.11. The molecule has 0 saturated carbocycles. The molecule has 3 rings (SSSR count). The van der Waals surface area contributed by atoms with Crippen molar-refractivity contribution in [3.63, 3.8) is 0 Å². The quantitative estimate of drug-likeness (QED) is 0.402. The van der Waals surface area contributed by atoms with E-state index in [2.05, 4.69) is 20.6 Å². The number of nitrogens with one attached hydrogen (secondary N) is 1. The van der Waals surface area contributed by atoms with Crippen molar-refractivity contribution in [2.24, 2.45) is 0 Å². The Balaban J connectivity index is 1.72. The van der Waals surface area contributed by atoms with Gasteiger partial charge in [0.2, 0.25) is 20.9 Å². The van der Waals surface area contributed by atoms with Gasteiger partial charge in [-0.3, -0.25) is 4.79 Å². The van der Waals surface area contributed by atoms with Gasteiger partial charge in [0.05, 0.1) is 22.0 Å². The predicted octanol–water partition coefficient (Wildman–Crippen LogP) is 1.52. The van der Waals surface area contributed by atoms with Crippen LogP contribution in [0.2, 0.25) is 0 Å². The minimum Gasteiger partial charge on any atom is -0.334 e. The molecule has 0 aliphatic carbocycles. The molecular formula is C16H17F2N7O3S2. The summed E-state index contributed by atoms with van der Waals surface area (Å²) in [7, 11) is -4.87. The normalized spacial score (nSPS) is 11.8. The number of alkyl halides is 2. The van der Waals surface area contributed by atoms with Crippen LogP contribution < -0.4 is 11.2 Å². The largest absolute Gasteiger partial charge is 0.341 e. The van der Waals surface area contributed by atoms with Gasteiger partial charge in [-0.05, 0) is 32.0 Å². The van der Waals surface area contributed by atoms with Crippen molar-refractivity contribution in [3.05, 3.63) is 41.7 Å². The Morgan fingerprint density at radius 3 is 2.60 bits per heavy atom. The fraction of sp³-hybridized carbons (Fsp3) is 0.250. The van der Waals surface area contributed by atoms with Crippen LogP contribution in [-0.4, -0.2) is 50.5 Å². The summed E-state index contributed by atoms with van der Waals surface area (Å²) >= 11 is 0.936. The van der Waals surface area contributed by atoms with Gasteiger partial charge < -0.3 is 11.2 Å². The van der Waals surface area contributed by atoms with E-state index in [1.165, 1.54) is 22.9 Å². The van der Waals surface area contributed by atoms with E-state index in [4.69, 9.17) is 5.84 Å². The van der Waals surface area contributed by atoms with Crippen molar-refractivity contribution < 1.29 is 22.0 Å². The number of hydrogen-bond donors (Lipinski definition) is 2. The van der Waals surface area contributed by atoms with Crippen LogP contribution in [0.3, 0.4) is 0 Å². The van der Waals surface area contributed by atoms with Gasteiger partial charge in [0.1, 0.15) is 0 Å². The highest BCUT2D eigenvalue weighted by Crippen LogP contribution is 2.26. The number of thioether (sulfide) groups is 1. The lowest BCUT2D eigenvalue weighted by molar-refractivity contribution is -0.113. The highest BCUT2D eigenvalue weighted by molar-refractivity contribution is 7.99. The molecule has 0 atom stereocenters. The van der Waals surface area contributed by atoms with Crippen molar-refractivity contribution in [2.75, 3.05) is 16.9 Å². The maximum Gasteiger partial charge on any atom is 0.341 e. The first-order valence-corrected chi connectivity index (χ1v) is 10.9. The predicted molar refractivity (Wildman–Crippen MR) is 106 cm³/mol. The molecule has 0 fully saturated rings. The topological polar surface area (TPSA) is 138 Å². The molecular weight excluding hydrogens is 440 g/mol. The first-order chi connectivity index (χ1) is 14.1. The van der Waals surface area contributed by atoms with Gasteiger partial charge in [-0.1, -0.05) is 23.9 Å². The van der Waals surface area contributed by atoms with E-state index in [0.29, 0.717) is 0 Å². The molecule has 14 heteroatoms. The average molecular weight is 457 g/mol. The number of aryl methyl sites for hydroxylation is 2. The van der Waals surface area contributed by atoms with E-state index < -0.39 is 26.4 Å². The Labute approximate surface area is 174 Å². The number of hydrogen-bond acceptors (Lipinski definition) is 8. The van der Waals surface area contributed by atoms with Gasteiger partial charge in [-0.2, -0.15) is 13.9 Å². The van der Waals surface area contributed by atoms with Crippen LogP contribution >= 0.6 is 11.8 Å². The minimum absolute atomic E-state index is 0.209. The molecule has 0 bridgehead atoms. The second-order valence-corrected chi connectivity index (χ2v) is 8.96. The SMILES string of the molecule is Cc1cc(C)n(-c2nnc(SCC(=O)Nc3ccccc3S(=O)(=O)C(F)F)n2N)n1. The Hall–Kier alpha value is -3.00. The average Bonchev–Trinajstić information content (AvgIpc) is 3.21. The third-order valence-electron chi connectivity index (χ3n) is 3.88. The molecule has 10 nitrogen and oxygen atoms in total. The van der Waals surface area contributed by atoms with Crippen LogP contribution in [0.15, 0.2) is 40.4 Å². The number of nitrogens with zero attached hydrogens (tertiary/aromatic N) is 5. The molecule has 3 N–H and O–H groups in total. The smallest absolute Gasteiger partial charge is 0.334 e. The second kappa shape index (κ2) is 8.39. The lowest BCUT2D eigenvalue weighted by Crippen LogP contribution is -2.20. The number of carbonyl (C=O) groups is 1. The number of sulfone groups is 1. The zero-order chi connectivity index (χ0) is 22.1. The molecule has 0 aliphatic heterocycles. The van der Waals surface area contributed by atoms with Crippen LogP contribution in [0.5, 0.6) is 0 Å². The molecule has 0 spiro atoms. The molecule has 0 aliphatic rings. The van der Waals surface area contributed by atoms with Gasteiger partial charge >= 0.3 is 5.76 Å². The van der Waals surface area contributed by atoms with Crippen molar-refractivity contribution in [1.29, 1.82) is 0 Å². The molecule has 2 aromatic heterocycles. The summed E-state index contributed by atoms with van der Waals surface area (Å²) < 4.78 is 51.9. The van der Waals surface area contributed by atoms with E-state index in [-0.39, 0.29) is 22.5 Å². The van der Waals surface area contributed by atoms with E-state index >= 15 is 0 Å². The number of anilines is 1. The summed E-state index contributed by atoms with van der Waals surface area (Å²) in [5.74, 6) is 1.78. The lowest BCUT2D eigenvalue weighted by atomic mass is 10.3. The fourth-order valence-electron chi connectivity index (χ4n) is 2.57. The molecule has 2 heterocycles. The molecule has 1 aromatic carbocycles. The Bertz CT molecular complexity index is 1190. The van der Waals surface area contributed by atoms with Crippen molar-refractivity contribution >= 4 is 33.2 Å². The number of amides is 1. The first kappa shape index (κ1) is 21.7. The third kappa shape index (κ3) is 4.28. The molecule has 30 heavy (non-hydrogen) atoms. The molecule has 0 saturated heterocycles. The van der Waals surface area contributed by atoms with Crippen LogP contribution in [0, 0.1) is 13.8 Å².